The highest BCUT2D eigenvalue weighted by Gasteiger charge is 2.33. The van der Waals surface area contributed by atoms with Crippen LogP contribution in [0, 0.1) is 0 Å². The molecule has 0 aromatic rings. The van der Waals surface area contributed by atoms with Crippen molar-refractivity contribution in [2.75, 3.05) is 13.1 Å². The zero-order valence-corrected chi connectivity index (χ0v) is 9.93. The Morgan fingerprint density at radius 2 is 2.13 bits per heavy atom. The Morgan fingerprint density at radius 3 is 2.60 bits per heavy atom. The molecule has 0 radical (unpaired) electrons. The van der Waals surface area contributed by atoms with Crippen LogP contribution in [-0.2, 0) is 4.79 Å². The molecule has 1 amide bonds. The minimum absolute atomic E-state index is 0. The van der Waals surface area contributed by atoms with E-state index in [-0.39, 0.29) is 30.4 Å². The molecule has 0 spiro atoms. The Morgan fingerprint density at radius 1 is 1.47 bits per heavy atom. The molecule has 2 saturated heterocycles. The molecular formula is C10H20ClN3O. The van der Waals surface area contributed by atoms with Gasteiger partial charge in [0.2, 0.25) is 5.91 Å². The zero-order chi connectivity index (χ0) is 10.1. The van der Waals surface area contributed by atoms with Gasteiger partial charge in [0.15, 0.2) is 0 Å². The molecule has 2 fully saturated rings. The molecule has 15 heavy (non-hydrogen) atoms. The standard InChI is InChI=1S/C10H19N3O.ClH/c1-7-6-8(11)3-5-13(7)10(14)9-2-4-12-9;/h7-9,12H,2-6,11H2,1H3;1H/t7?,8?,9-;/m1./s1. The van der Waals surface area contributed by atoms with Gasteiger partial charge < -0.3 is 16.0 Å². The quantitative estimate of drug-likeness (QED) is 0.676. The largest absolute Gasteiger partial charge is 0.339 e. The summed E-state index contributed by atoms with van der Waals surface area (Å²) in [6.07, 6.45) is 2.88. The topological polar surface area (TPSA) is 58.4 Å². The number of nitrogens with one attached hydrogen (secondary N) is 1. The van der Waals surface area contributed by atoms with Crippen LogP contribution in [0.4, 0.5) is 0 Å². The number of carbonyl (C=O) groups is 1. The summed E-state index contributed by atoms with van der Waals surface area (Å²) < 4.78 is 0. The predicted molar refractivity (Wildman–Crippen MR) is 62.0 cm³/mol. The molecule has 4 nitrogen and oxygen atoms in total. The predicted octanol–water partition coefficient (Wildman–Crippen LogP) is 0.108. The van der Waals surface area contributed by atoms with Gasteiger partial charge >= 0.3 is 0 Å². The molecule has 0 aromatic carbocycles. The lowest BCUT2D eigenvalue weighted by Gasteiger charge is -2.40. The lowest BCUT2D eigenvalue weighted by molar-refractivity contribution is -0.138. The summed E-state index contributed by atoms with van der Waals surface area (Å²) in [6.45, 7) is 3.91. The Labute approximate surface area is 97.0 Å². The van der Waals surface area contributed by atoms with Crippen molar-refractivity contribution in [1.29, 1.82) is 0 Å². The van der Waals surface area contributed by atoms with Crippen molar-refractivity contribution in [3.05, 3.63) is 0 Å². The second-order valence-corrected chi connectivity index (χ2v) is 4.46. The van der Waals surface area contributed by atoms with E-state index >= 15 is 0 Å². The summed E-state index contributed by atoms with van der Waals surface area (Å²) in [4.78, 5) is 13.9. The molecule has 0 saturated carbocycles. The Balaban J connectivity index is 0.00000112. The van der Waals surface area contributed by atoms with E-state index in [0.717, 1.165) is 32.4 Å². The highest BCUT2D eigenvalue weighted by molar-refractivity contribution is 5.85. The van der Waals surface area contributed by atoms with Crippen LogP contribution < -0.4 is 11.1 Å². The van der Waals surface area contributed by atoms with E-state index in [1.54, 1.807) is 0 Å². The van der Waals surface area contributed by atoms with Gasteiger partial charge in [-0.05, 0) is 32.7 Å². The first-order valence-electron chi connectivity index (χ1n) is 5.48. The first-order chi connectivity index (χ1) is 6.68. The number of nitrogens with zero attached hydrogens (tertiary/aromatic N) is 1. The summed E-state index contributed by atoms with van der Waals surface area (Å²) in [6, 6.07) is 0.684. The van der Waals surface area contributed by atoms with Gasteiger partial charge in [0.05, 0.1) is 6.04 Å². The molecule has 2 aliphatic rings. The van der Waals surface area contributed by atoms with Crippen LogP contribution in [0.1, 0.15) is 26.2 Å². The van der Waals surface area contributed by atoms with Gasteiger partial charge in [0, 0.05) is 18.6 Å². The fourth-order valence-electron chi connectivity index (χ4n) is 2.24. The molecule has 2 heterocycles. The van der Waals surface area contributed by atoms with Crippen molar-refractivity contribution in [1.82, 2.24) is 10.2 Å². The summed E-state index contributed by atoms with van der Waals surface area (Å²) in [7, 11) is 0. The van der Waals surface area contributed by atoms with Crippen molar-refractivity contribution >= 4 is 18.3 Å². The van der Waals surface area contributed by atoms with Crippen LogP contribution in [0.25, 0.3) is 0 Å². The fourth-order valence-corrected chi connectivity index (χ4v) is 2.24. The lowest BCUT2D eigenvalue weighted by Crippen LogP contribution is -2.58. The third-order valence-electron chi connectivity index (χ3n) is 3.32. The monoisotopic (exact) mass is 233 g/mol. The maximum absolute atomic E-state index is 11.9. The van der Waals surface area contributed by atoms with E-state index in [9.17, 15) is 4.79 Å². The van der Waals surface area contributed by atoms with E-state index in [4.69, 9.17) is 5.73 Å². The lowest BCUT2D eigenvalue weighted by atomic mass is 9.96. The molecule has 5 heteroatoms. The van der Waals surface area contributed by atoms with Crippen LogP contribution in [0.3, 0.4) is 0 Å². The third-order valence-corrected chi connectivity index (χ3v) is 3.32. The normalized spacial score (nSPS) is 35.3. The van der Waals surface area contributed by atoms with Crippen LogP contribution in [0.5, 0.6) is 0 Å². The Bertz CT molecular complexity index is 233. The first-order valence-corrected chi connectivity index (χ1v) is 5.48. The van der Waals surface area contributed by atoms with E-state index in [1.165, 1.54) is 0 Å². The molecule has 0 aromatic heterocycles. The number of rotatable bonds is 1. The zero-order valence-electron chi connectivity index (χ0n) is 9.11. The van der Waals surface area contributed by atoms with Crippen molar-refractivity contribution in [2.24, 2.45) is 5.73 Å². The minimum atomic E-state index is 0. The fraction of sp³-hybridized carbons (Fsp3) is 0.900. The average molecular weight is 234 g/mol. The van der Waals surface area contributed by atoms with Crippen molar-refractivity contribution < 1.29 is 4.79 Å². The van der Waals surface area contributed by atoms with Crippen LogP contribution in [0.2, 0.25) is 0 Å². The van der Waals surface area contributed by atoms with Crippen molar-refractivity contribution in [3.63, 3.8) is 0 Å². The second-order valence-electron chi connectivity index (χ2n) is 4.46. The number of piperidine rings is 1. The summed E-state index contributed by atoms with van der Waals surface area (Å²) >= 11 is 0. The third kappa shape index (κ3) is 2.62. The number of halogens is 1. The number of hydrogen-bond acceptors (Lipinski definition) is 3. The van der Waals surface area contributed by atoms with Crippen LogP contribution in [-0.4, -0.2) is 42.0 Å². The molecule has 2 rings (SSSR count). The number of hydrogen-bond donors (Lipinski definition) is 2. The second kappa shape index (κ2) is 5.14. The molecule has 88 valence electrons. The number of nitrogens with two attached hydrogens (primary N) is 1. The van der Waals surface area contributed by atoms with Crippen LogP contribution in [0.15, 0.2) is 0 Å². The smallest absolute Gasteiger partial charge is 0.239 e. The number of amides is 1. The van der Waals surface area contributed by atoms with E-state index < -0.39 is 0 Å². The SMILES string of the molecule is CC1CC(N)CCN1C(=O)[C@H]1CCN1.Cl. The summed E-state index contributed by atoms with van der Waals surface area (Å²) in [5.41, 5.74) is 5.86. The molecular weight excluding hydrogens is 214 g/mol. The maximum Gasteiger partial charge on any atom is 0.239 e. The van der Waals surface area contributed by atoms with Crippen molar-refractivity contribution in [3.8, 4) is 0 Å². The molecule has 3 atom stereocenters. The van der Waals surface area contributed by atoms with Crippen molar-refractivity contribution in [2.45, 2.75) is 44.3 Å². The Kier molecular flexibility index (Phi) is 4.37. The van der Waals surface area contributed by atoms with Gasteiger partial charge in [-0.1, -0.05) is 0 Å². The molecule has 2 aliphatic heterocycles. The maximum atomic E-state index is 11.9. The van der Waals surface area contributed by atoms with Gasteiger partial charge in [-0.3, -0.25) is 4.79 Å². The molecule has 2 unspecified atom stereocenters. The molecule has 3 N–H and O–H groups in total. The highest BCUT2D eigenvalue weighted by atomic mass is 35.5. The van der Waals surface area contributed by atoms with E-state index in [1.807, 2.05) is 4.90 Å². The summed E-state index contributed by atoms with van der Waals surface area (Å²) in [5.74, 6) is 0.274. The van der Waals surface area contributed by atoms with Gasteiger partial charge in [0.1, 0.15) is 0 Å². The Hall–Kier alpha value is -0.320. The number of carbonyl (C=O) groups excluding carboxylic acids is 1. The van der Waals surface area contributed by atoms with E-state index in [0.29, 0.717) is 6.04 Å². The van der Waals surface area contributed by atoms with Gasteiger partial charge in [-0.25, -0.2) is 0 Å². The average Bonchev–Trinajstić information content (AvgIpc) is 2.00. The van der Waals surface area contributed by atoms with Gasteiger partial charge in [0.25, 0.3) is 0 Å². The molecule has 0 bridgehead atoms. The highest BCUT2D eigenvalue weighted by Crippen LogP contribution is 2.18. The number of likely N-dealkylation sites (tertiary alicyclic amines) is 1. The van der Waals surface area contributed by atoms with Crippen LogP contribution >= 0.6 is 12.4 Å². The van der Waals surface area contributed by atoms with E-state index in [2.05, 4.69) is 12.2 Å². The van der Waals surface area contributed by atoms with Gasteiger partial charge in [-0.15, -0.1) is 12.4 Å². The molecule has 0 aliphatic carbocycles. The summed E-state index contributed by atoms with van der Waals surface area (Å²) in [5, 5.41) is 3.15. The van der Waals surface area contributed by atoms with Gasteiger partial charge in [-0.2, -0.15) is 0 Å². The minimum Gasteiger partial charge on any atom is -0.339 e. The first kappa shape index (κ1) is 12.7.